The molecular weight excluding hydrogens is 346 g/mol. The molecule has 2 fully saturated rings. The fourth-order valence-corrected chi connectivity index (χ4v) is 5.61. The van der Waals surface area contributed by atoms with Crippen molar-refractivity contribution < 1.29 is 4.79 Å². The van der Waals surface area contributed by atoms with Gasteiger partial charge in [0.2, 0.25) is 0 Å². The number of rotatable bonds is 6. The molecule has 2 heterocycles. The fourth-order valence-electron chi connectivity index (χ4n) is 5.61. The van der Waals surface area contributed by atoms with E-state index in [1.54, 1.807) is 0 Å². The van der Waals surface area contributed by atoms with E-state index >= 15 is 0 Å². The molecule has 3 N–H and O–H groups in total. The predicted molar refractivity (Wildman–Crippen MR) is 113 cm³/mol. The third-order valence-corrected chi connectivity index (χ3v) is 6.86. The van der Waals surface area contributed by atoms with E-state index in [4.69, 9.17) is 5.73 Å². The first-order chi connectivity index (χ1) is 13.6. The van der Waals surface area contributed by atoms with E-state index in [9.17, 15) is 4.79 Å². The first-order valence-electron chi connectivity index (χ1n) is 10.5. The molecule has 1 atom stereocenters. The van der Waals surface area contributed by atoms with E-state index in [1.165, 1.54) is 18.4 Å². The van der Waals surface area contributed by atoms with Crippen LogP contribution in [0.3, 0.4) is 0 Å². The highest BCUT2D eigenvalue weighted by atomic mass is 16.1. The number of carbonyl (C=O) groups excluding carboxylic acids is 1. The van der Waals surface area contributed by atoms with E-state index in [0.717, 1.165) is 36.1 Å². The second kappa shape index (κ2) is 7.69. The van der Waals surface area contributed by atoms with Crippen LogP contribution in [0.25, 0.3) is 0 Å². The summed E-state index contributed by atoms with van der Waals surface area (Å²) in [6.07, 6.45) is 4.62. The normalized spacial score (nSPS) is 25.0. The van der Waals surface area contributed by atoms with Crippen LogP contribution in [-0.2, 0) is 0 Å². The van der Waals surface area contributed by atoms with E-state index in [1.807, 2.05) is 38.1 Å². The third kappa shape index (κ3) is 3.15. The Bertz CT molecular complexity index is 820. The molecule has 148 valence electrons. The van der Waals surface area contributed by atoms with Crippen LogP contribution in [0.5, 0.6) is 0 Å². The molecule has 0 unspecified atom stereocenters. The summed E-state index contributed by atoms with van der Waals surface area (Å²) < 4.78 is 0. The summed E-state index contributed by atoms with van der Waals surface area (Å²) in [4.78, 5) is 16.0. The third-order valence-electron chi connectivity index (χ3n) is 6.86. The van der Waals surface area contributed by atoms with Crippen molar-refractivity contribution in [3.8, 4) is 0 Å². The first-order valence-corrected chi connectivity index (χ1v) is 10.5. The van der Waals surface area contributed by atoms with Crippen molar-refractivity contribution in [2.45, 2.75) is 57.2 Å². The molecule has 2 bridgehead atoms. The van der Waals surface area contributed by atoms with Gasteiger partial charge in [0.1, 0.15) is 0 Å². The van der Waals surface area contributed by atoms with Crippen molar-refractivity contribution in [1.29, 1.82) is 0 Å². The van der Waals surface area contributed by atoms with Gasteiger partial charge in [0.25, 0.3) is 5.91 Å². The van der Waals surface area contributed by atoms with Gasteiger partial charge in [-0.3, -0.25) is 9.69 Å². The van der Waals surface area contributed by atoms with Gasteiger partial charge in [-0.2, -0.15) is 0 Å². The van der Waals surface area contributed by atoms with Crippen molar-refractivity contribution in [2.75, 3.05) is 13.1 Å². The van der Waals surface area contributed by atoms with Crippen LogP contribution >= 0.6 is 0 Å². The molecule has 2 saturated heterocycles. The molecule has 2 aliphatic heterocycles. The van der Waals surface area contributed by atoms with Crippen LogP contribution in [0.4, 0.5) is 0 Å². The number of nitrogens with two attached hydrogens (primary N) is 1. The average molecular weight is 378 g/mol. The van der Waals surface area contributed by atoms with Gasteiger partial charge in [-0.25, -0.2) is 0 Å². The molecule has 4 nitrogen and oxygen atoms in total. The molecule has 0 radical (unpaired) electrons. The van der Waals surface area contributed by atoms with Crippen molar-refractivity contribution >= 4 is 5.91 Å². The van der Waals surface area contributed by atoms with Crippen LogP contribution in [0.2, 0.25) is 0 Å². The fraction of sp³-hybridized carbons (Fsp3) is 0.458. The molecule has 2 aromatic carbocycles. The Morgan fingerprint density at radius 1 is 1.11 bits per heavy atom. The minimum absolute atomic E-state index is 0.0285. The molecule has 2 aromatic rings. The maximum Gasteiger partial charge on any atom is 0.252 e. The van der Waals surface area contributed by atoms with Gasteiger partial charge in [-0.05, 0) is 56.2 Å². The summed E-state index contributed by atoms with van der Waals surface area (Å²) in [7, 11) is 0. The number of carbonyl (C=O) groups is 1. The number of benzene rings is 2. The molecule has 4 heteroatoms. The highest BCUT2D eigenvalue weighted by Gasteiger charge is 2.56. The van der Waals surface area contributed by atoms with E-state index < -0.39 is 0 Å². The van der Waals surface area contributed by atoms with Crippen molar-refractivity contribution in [2.24, 2.45) is 5.73 Å². The highest BCUT2D eigenvalue weighted by Crippen LogP contribution is 2.52. The summed E-state index contributed by atoms with van der Waals surface area (Å²) in [5, 5.41) is 3.46. The summed E-state index contributed by atoms with van der Waals surface area (Å²) in [6.45, 7) is 5.58. The Morgan fingerprint density at radius 3 is 2.36 bits per heavy atom. The lowest BCUT2D eigenvalue weighted by Gasteiger charge is -2.42. The van der Waals surface area contributed by atoms with Crippen molar-refractivity contribution in [3.05, 3.63) is 70.8 Å². The zero-order chi connectivity index (χ0) is 19.7. The van der Waals surface area contributed by atoms with E-state index in [0.29, 0.717) is 12.6 Å². The largest absolute Gasteiger partial charge is 0.343 e. The molecule has 4 rings (SSSR count). The van der Waals surface area contributed by atoms with Crippen molar-refractivity contribution in [3.63, 3.8) is 0 Å². The van der Waals surface area contributed by atoms with E-state index in [2.05, 4.69) is 34.5 Å². The topological polar surface area (TPSA) is 58.4 Å². The summed E-state index contributed by atoms with van der Waals surface area (Å²) in [5.41, 5.74) is 9.97. The average Bonchev–Trinajstić information content (AvgIpc) is 3.22. The Labute approximate surface area is 168 Å². The van der Waals surface area contributed by atoms with Gasteiger partial charge in [-0.1, -0.05) is 48.5 Å². The monoisotopic (exact) mass is 377 g/mol. The zero-order valence-corrected chi connectivity index (χ0v) is 16.9. The molecule has 0 saturated carbocycles. The minimum Gasteiger partial charge on any atom is -0.343 e. The zero-order valence-electron chi connectivity index (χ0n) is 16.9. The van der Waals surface area contributed by atoms with Gasteiger partial charge < -0.3 is 11.1 Å². The number of fused-ring (bicyclic) bond motifs is 2. The second-order valence-electron chi connectivity index (χ2n) is 8.40. The summed E-state index contributed by atoms with van der Waals surface area (Å²) in [5.74, 6) is 0.0295. The summed E-state index contributed by atoms with van der Waals surface area (Å²) in [6, 6.07) is 17.1. The molecule has 1 amide bonds. The van der Waals surface area contributed by atoms with Crippen LogP contribution in [0.1, 0.15) is 58.8 Å². The number of amides is 1. The lowest BCUT2D eigenvalue weighted by atomic mass is 9.78. The number of nitrogens with one attached hydrogen (secondary N) is 1. The predicted octanol–water partition coefficient (Wildman–Crippen LogP) is 3.73. The molecule has 0 aliphatic carbocycles. The first kappa shape index (κ1) is 19.2. The molecular formula is C24H31N3O. The molecule has 0 spiro atoms. The van der Waals surface area contributed by atoms with Crippen LogP contribution in [-0.4, -0.2) is 35.5 Å². The number of hydrogen-bond donors (Lipinski definition) is 2. The van der Waals surface area contributed by atoms with Gasteiger partial charge in [0.15, 0.2) is 0 Å². The Morgan fingerprint density at radius 2 is 1.75 bits per heavy atom. The van der Waals surface area contributed by atoms with Gasteiger partial charge in [-0.15, -0.1) is 0 Å². The Kier molecular flexibility index (Phi) is 5.26. The number of aryl methyl sites for hydroxylation is 2. The quantitative estimate of drug-likeness (QED) is 0.806. The van der Waals surface area contributed by atoms with E-state index in [-0.39, 0.29) is 17.5 Å². The van der Waals surface area contributed by atoms with Crippen LogP contribution in [0.15, 0.2) is 48.5 Å². The van der Waals surface area contributed by atoms with Gasteiger partial charge >= 0.3 is 0 Å². The molecule has 2 aliphatic rings. The number of nitrogens with zero attached hydrogens (tertiary/aromatic N) is 1. The Hall–Kier alpha value is -2.17. The second-order valence-corrected chi connectivity index (χ2v) is 8.40. The standard InChI is InChI=1S/C24H31N3O/c1-17-7-6-8-18(2)21(17)23(28)26-22(19-9-4-3-5-10-19)24-13-11-20(12-14-24)27(24)16-15-25/h3-10,20,22H,11-16,25H2,1-2H3,(H,26,28)/t20?,22-,24?/m1/s1. The smallest absolute Gasteiger partial charge is 0.252 e. The van der Waals surface area contributed by atoms with Crippen LogP contribution in [0, 0.1) is 13.8 Å². The SMILES string of the molecule is Cc1cccc(C)c1C(=O)N[C@H](c1ccccc1)C12CCC(CC1)N2CCN. The molecule has 0 aromatic heterocycles. The highest BCUT2D eigenvalue weighted by molar-refractivity contribution is 5.97. The lowest BCUT2D eigenvalue weighted by molar-refractivity contribution is 0.0790. The summed E-state index contributed by atoms with van der Waals surface area (Å²) >= 11 is 0. The van der Waals surface area contributed by atoms with Gasteiger partial charge in [0, 0.05) is 30.2 Å². The van der Waals surface area contributed by atoms with Gasteiger partial charge in [0.05, 0.1) is 6.04 Å². The van der Waals surface area contributed by atoms with Crippen molar-refractivity contribution in [1.82, 2.24) is 10.2 Å². The maximum absolute atomic E-state index is 13.4. The van der Waals surface area contributed by atoms with Crippen LogP contribution < -0.4 is 11.1 Å². The molecule has 28 heavy (non-hydrogen) atoms. The Balaban J connectivity index is 1.72. The maximum atomic E-state index is 13.4. The number of hydrogen-bond acceptors (Lipinski definition) is 3. The minimum atomic E-state index is -0.0301. The lowest BCUT2D eigenvalue weighted by Crippen LogP contribution is -2.53.